The predicted octanol–water partition coefficient (Wildman–Crippen LogP) is 1.24. The van der Waals surface area contributed by atoms with E-state index in [2.05, 4.69) is 5.32 Å². The molecule has 2 rings (SSSR count). The Morgan fingerprint density at radius 2 is 2.18 bits per heavy atom. The Labute approximate surface area is 100.0 Å². The van der Waals surface area contributed by atoms with Crippen molar-refractivity contribution in [2.24, 2.45) is 0 Å². The van der Waals surface area contributed by atoms with E-state index in [0.29, 0.717) is 5.75 Å². The van der Waals surface area contributed by atoms with Gasteiger partial charge in [-0.25, -0.2) is 0 Å². The minimum atomic E-state index is -0.262. The lowest BCUT2D eigenvalue weighted by Gasteiger charge is -2.24. The maximum absolute atomic E-state index is 9.52. The van der Waals surface area contributed by atoms with Crippen molar-refractivity contribution >= 4 is 0 Å². The maximum atomic E-state index is 9.52. The first-order chi connectivity index (χ1) is 8.20. The highest BCUT2D eigenvalue weighted by molar-refractivity contribution is 5.54. The zero-order chi connectivity index (χ0) is 12.3. The third-order valence-corrected chi connectivity index (χ3v) is 2.80. The van der Waals surface area contributed by atoms with Gasteiger partial charge in [-0.3, -0.25) is 0 Å². The zero-order valence-electron chi connectivity index (χ0n) is 9.77. The summed E-state index contributed by atoms with van der Waals surface area (Å²) in [6.07, 6.45) is 2.15. The summed E-state index contributed by atoms with van der Waals surface area (Å²) in [4.78, 5) is 0. The molecule has 5 heteroatoms. The van der Waals surface area contributed by atoms with E-state index < -0.39 is 0 Å². The molecule has 1 aromatic carbocycles. The fraction of sp³-hybridized carbons (Fsp3) is 0.500. The summed E-state index contributed by atoms with van der Waals surface area (Å²) in [5.74, 6) is 0.222. The van der Waals surface area contributed by atoms with Crippen molar-refractivity contribution in [1.82, 2.24) is 5.32 Å². The van der Waals surface area contributed by atoms with Gasteiger partial charge in [0.1, 0.15) is 11.9 Å². The van der Waals surface area contributed by atoms with Gasteiger partial charge in [-0.05, 0) is 19.4 Å². The molecule has 0 saturated carbocycles. The van der Waals surface area contributed by atoms with Crippen molar-refractivity contribution in [2.45, 2.75) is 18.9 Å². The van der Waals surface area contributed by atoms with Crippen LogP contribution in [0.4, 0.5) is 0 Å². The molecule has 94 valence electrons. The molecule has 0 aliphatic carbocycles. The van der Waals surface area contributed by atoms with Gasteiger partial charge in [-0.1, -0.05) is 0 Å². The van der Waals surface area contributed by atoms with Crippen molar-refractivity contribution < 1.29 is 19.7 Å². The molecule has 1 aromatic rings. The second kappa shape index (κ2) is 5.14. The molecule has 0 spiro atoms. The van der Waals surface area contributed by atoms with Crippen LogP contribution in [-0.4, -0.2) is 36.5 Å². The molecule has 1 fully saturated rings. The molecule has 0 amide bonds. The number of rotatable bonds is 3. The first-order valence-electron chi connectivity index (χ1n) is 5.68. The summed E-state index contributed by atoms with van der Waals surface area (Å²) in [7, 11) is 1.43. The SMILES string of the molecule is COc1cc(OC2CCCNC2)cc(O)c1O. The summed E-state index contributed by atoms with van der Waals surface area (Å²) >= 11 is 0. The van der Waals surface area contributed by atoms with E-state index in [-0.39, 0.29) is 23.4 Å². The van der Waals surface area contributed by atoms with E-state index in [1.165, 1.54) is 13.2 Å². The van der Waals surface area contributed by atoms with Crippen LogP contribution in [0, 0.1) is 0 Å². The Morgan fingerprint density at radius 1 is 1.35 bits per heavy atom. The van der Waals surface area contributed by atoms with Crippen LogP contribution in [0.15, 0.2) is 12.1 Å². The number of methoxy groups -OCH3 is 1. The minimum absolute atomic E-state index is 0.0948. The van der Waals surface area contributed by atoms with Crippen LogP contribution in [0.1, 0.15) is 12.8 Å². The first kappa shape index (κ1) is 11.9. The molecule has 17 heavy (non-hydrogen) atoms. The molecule has 5 nitrogen and oxygen atoms in total. The Morgan fingerprint density at radius 3 is 2.82 bits per heavy atom. The number of hydrogen-bond acceptors (Lipinski definition) is 5. The largest absolute Gasteiger partial charge is 0.504 e. The number of phenols is 2. The quantitative estimate of drug-likeness (QED) is 0.692. The predicted molar refractivity (Wildman–Crippen MR) is 62.8 cm³/mol. The molecular weight excluding hydrogens is 222 g/mol. The molecule has 3 N–H and O–H groups in total. The average molecular weight is 239 g/mol. The molecule has 1 atom stereocenters. The number of hydrogen-bond donors (Lipinski definition) is 3. The molecule has 0 aromatic heterocycles. The van der Waals surface area contributed by atoms with Crippen LogP contribution in [0.3, 0.4) is 0 Å². The van der Waals surface area contributed by atoms with Gasteiger partial charge in [0.25, 0.3) is 0 Å². The van der Waals surface area contributed by atoms with Gasteiger partial charge < -0.3 is 25.0 Å². The van der Waals surface area contributed by atoms with E-state index in [1.54, 1.807) is 6.07 Å². The standard InChI is InChI=1S/C12H17NO4/c1-16-11-6-9(5-10(14)12(11)15)17-8-3-2-4-13-7-8/h5-6,8,13-15H,2-4,7H2,1H3. The van der Waals surface area contributed by atoms with Crippen LogP contribution in [-0.2, 0) is 0 Å². The van der Waals surface area contributed by atoms with Crippen LogP contribution in [0.5, 0.6) is 23.0 Å². The van der Waals surface area contributed by atoms with Crippen LogP contribution in [0.2, 0.25) is 0 Å². The normalized spacial score (nSPS) is 19.9. The molecule has 1 unspecified atom stereocenters. The van der Waals surface area contributed by atoms with E-state index in [9.17, 15) is 10.2 Å². The third kappa shape index (κ3) is 2.74. The monoisotopic (exact) mass is 239 g/mol. The van der Waals surface area contributed by atoms with Crippen molar-refractivity contribution in [1.29, 1.82) is 0 Å². The summed E-state index contributed by atoms with van der Waals surface area (Å²) in [5, 5.41) is 22.2. The van der Waals surface area contributed by atoms with E-state index in [0.717, 1.165) is 25.9 Å². The van der Waals surface area contributed by atoms with Crippen LogP contribution >= 0.6 is 0 Å². The summed E-state index contributed by atoms with van der Waals surface area (Å²) in [6, 6.07) is 2.97. The van der Waals surface area contributed by atoms with Crippen molar-refractivity contribution in [3.8, 4) is 23.0 Å². The number of benzene rings is 1. The van der Waals surface area contributed by atoms with Crippen molar-refractivity contribution in [2.75, 3.05) is 20.2 Å². The summed E-state index contributed by atoms with van der Waals surface area (Å²) in [6.45, 7) is 1.81. The van der Waals surface area contributed by atoms with Gasteiger partial charge >= 0.3 is 0 Å². The number of phenolic OH excluding ortho intramolecular Hbond substituents is 2. The van der Waals surface area contributed by atoms with Crippen molar-refractivity contribution in [3.63, 3.8) is 0 Å². The highest BCUT2D eigenvalue weighted by atomic mass is 16.5. The topological polar surface area (TPSA) is 71.0 Å². The van der Waals surface area contributed by atoms with Crippen LogP contribution < -0.4 is 14.8 Å². The van der Waals surface area contributed by atoms with Gasteiger partial charge in [-0.2, -0.15) is 0 Å². The molecule has 0 radical (unpaired) electrons. The number of piperidine rings is 1. The molecular formula is C12H17NO4. The van der Waals surface area contributed by atoms with E-state index >= 15 is 0 Å². The molecule has 0 bridgehead atoms. The van der Waals surface area contributed by atoms with Crippen LogP contribution in [0.25, 0.3) is 0 Å². The van der Waals surface area contributed by atoms with Crippen molar-refractivity contribution in [3.05, 3.63) is 12.1 Å². The summed E-state index contributed by atoms with van der Waals surface area (Å²) < 4.78 is 10.7. The highest BCUT2D eigenvalue weighted by Crippen LogP contribution is 2.39. The minimum Gasteiger partial charge on any atom is -0.504 e. The number of nitrogens with one attached hydrogen (secondary N) is 1. The first-order valence-corrected chi connectivity index (χ1v) is 5.68. The van der Waals surface area contributed by atoms with Gasteiger partial charge in [-0.15, -0.1) is 0 Å². The second-order valence-electron chi connectivity index (χ2n) is 4.08. The number of aromatic hydroxyl groups is 2. The van der Waals surface area contributed by atoms with E-state index in [1.807, 2.05) is 0 Å². The van der Waals surface area contributed by atoms with E-state index in [4.69, 9.17) is 9.47 Å². The lowest BCUT2D eigenvalue weighted by Crippen LogP contribution is -2.37. The fourth-order valence-corrected chi connectivity index (χ4v) is 1.91. The number of ether oxygens (including phenoxy) is 2. The third-order valence-electron chi connectivity index (χ3n) is 2.80. The van der Waals surface area contributed by atoms with Gasteiger partial charge in [0.05, 0.1) is 7.11 Å². The van der Waals surface area contributed by atoms with Gasteiger partial charge in [0.2, 0.25) is 5.75 Å². The Kier molecular flexibility index (Phi) is 3.58. The van der Waals surface area contributed by atoms with Gasteiger partial charge in [0, 0.05) is 18.7 Å². The second-order valence-corrected chi connectivity index (χ2v) is 4.08. The molecule has 1 aliphatic rings. The Hall–Kier alpha value is -1.62. The lowest BCUT2D eigenvalue weighted by atomic mass is 10.1. The van der Waals surface area contributed by atoms with Gasteiger partial charge in [0.15, 0.2) is 11.5 Å². The fourth-order valence-electron chi connectivity index (χ4n) is 1.91. The Balaban J connectivity index is 2.12. The molecule has 1 aliphatic heterocycles. The lowest BCUT2D eigenvalue weighted by molar-refractivity contribution is 0.165. The highest BCUT2D eigenvalue weighted by Gasteiger charge is 2.17. The maximum Gasteiger partial charge on any atom is 0.200 e. The molecule has 1 saturated heterocycles. The summed E-state index contributed by atoms with van der Waals surface area (Å²) in [5.41, 5.74) is 0. The molecule has 1 heterocycles. The Bertz CT molecular complexity index is 388. The zero-order valence-corrected chi connectivity index (χ0v) is 9.77. The smallest absolute Gasteiger partial charge is 0.200 e. The average Bonchev–Trinajstić information content (AvgIpc) is 2.35.